The standard InChI is InChI=1S/C18H17NS/c1-11-6-8-13(9-7-11)15-10-12(2)19-18-17(15)14-4-3-5-16(14)20-18/h6-10H,3-5H2,1-2H3. The number of rotatable bonds is 1. The smallest absolute Gasteiger partial charge is 0.124 e. The number of aryl methyl sites for hydroxylation is 4. The van der Waals surface area contributed by atoms with Crippen LogP contribution in [-0.2, 0) is 12.8 Å². The molecule has 0 saturated heterocycles. The molecule has 0 fully saturated rings. The molecule has 0 unspecified atom stereocenters. The van der Waals surface area contributed by atoms with E-state index in [0.29, 0.717) is 0 Å². The highest BCUT2D eigenvalue weighted by Gasteiger charge is 2.21. The van der Waals surface area contributed by atoms with E-state index < -0.39 is 0 Å². The largest absolute Gasteiger partial charge is 0.242 e. The van der Waals surface area contributed by atoms with Crippen molar-refractivity contribution in [2.75, 3.05) is 0 Å². The Bertz CT molecular complexity index is 796. The highest BCUT2D eigenvalue weighted by Crippen LogP contribution is 2.41. The van der Waals surface area contributed by atoms with Crippen molar-refractivity contribution in [2.45, 2.75) is 33.1 Å². The maximum absolute atomic E-state index is 4.76. The molecule has 0 aliphatic heterocycles. The van der Waals surface area contributed by atoms with Gasteiger partial charge in [-0.15, -0.1) is 11.3 Å². The van der Waals surface area contributed by atoms with Gasteiger partial charge >= 0.3 is 0 Å². The Morgan fingerprint density at radius 3 is 2.65 bits per heavy atom. The van der Waals surface area contributed by atoms with Crippen molar-refractivity contribution in [1.82, 2.24) is 4.98 Å². The summed E-state index contributed by atoms with van der Waals surface area (Å²) < 4.78 is 0. The molecule has 2 heterocycles. The number of aromatic nitrogens is 1. The minimum absolute atomic E-state index is 1.12. The van der Waals surface area contributed by atoms with E-state index in [-0.39, 0.29) is 0 Å². The molecule has 1 nitrogen and oxygen atoms in total. The van der Waals surface area contributed by atoms with Gasteiger partial charge in [0.1, 0.15) is 4.83 Å². The first-order chi connectivity index (χ1) is 9.72. The maximum atomic E-state index is 4.76. The van der Waals surface area contributed by atoms with Gasteiger partial charge < -0.3 is 0 Å². The molecule has 0 radical (unpaired) electrons. The van der Waals surface area contributed by atoms with E-state index in [0.717, 1.165) is 5.69 Å². The lowest BCUT2D eigenvalue weighted by molar-refractivity contribution is 0.917. The second-order valence-electron chi connectivity index (χ2n) is 5.71. The van der Waals surface area contributed by atoms with E-state index in [2.05, 4.69) is 44.2 Å². The van der Waals surface area contributed by atoms with Crippen molar-refractivity contribution in [3.8, 4) is 11.1 Å². The van der Waals surface area contributed by atoms with Crippen LogP contribution < -0.4 is 0 Å². The quantitative estimate of drug-likeness (QED) is 0.606. The van der Waals surface area contributed by atoms with Crippen molar-refractivity contribution >= 4 is 21.6 Å². The molecular formula is C18H17NS. The van der Waals surface area contributed by atoms with Gasteiger partial charge in [0.05, 0.1) is 0 Å². The summed E-state index contributed by atoms with van der Waals surface area (Å²) in [5.41, 5.74) is 6.68. The Morgan fingerprint density at radius 1 is 1.05 bits per heavy atom. The highest BCUT2D eigenvalue weighted by atomic mass is 32.1. The molecule has 1 aliphatic carbocycles. The van der Waals surface area contributed by atoms with Gasteiger partial charge in [0.15, 0.2) is 0 Å². The first kappa shape index (κ1) is 12.1. The summed E-state index contributed by atoms with van der Waals surface area (Å²) in [6.07, 6.45) is 3.76. The third kappa shape index (κ3) is 1.79. The molecule has 3 aromatic rings. The average Bonchev–Trinajstić information content (AvgIpc) is 2.98. The van der Waals surface area contributed by atoms with Gasteiger partial charge in [-0.3, -0.25) is 0 Å². The fraction of sp³-hybridized carbons (Fsp3) is 0.278. The van der Waals surface area contributed by atoms with Crippen molar-refractivity contribution in [1.29, 1.82) is 0 Å². The van der Waals surface area contributed by atoms with Crippen molar-refractivity contribution < 1.29 is 0 Å². The number of thiophene rings is 1. The summed E-state index contributed by atoms with van der Waals surface area (Å²) >= 11 is 1.90. The summed E-state index contributed by atoms with van der Waals surface area (Å²) in [6.45, 7) is 4.24. The van der Waals surface area contributed by atoms with E-state index in [4.69, 9.17) is 4.98 Å². The van der Waals surface area contributed by atoms with Crippen LogP contribution in [0.1, 0.15) is 28.1 Å². The van der Waals surface area contributed by atoms with Gasteiger partial charge in [0.2, 0.25) is 0 Å². The lowest BCUT2D eigenvalue weighted by Gasteiger charge is -2.07. The predicted molar refractivity (Wildman–Crippen MR) is 86.6 cm³/mol. The molecule has 2 heteroatoms. The normalized spacial score (nSPS) is 13.9. The van der Waals surface area contributed by atoms with Crippen LogP contribution in [0.15, 0.2) is 30.3 Å². The minimum atomic E-state index is 1.12. The fourth-order valence-corrected chi connectivity index (χ4v) is 4.51. The third-order valence-electron chi connectivity index (χ3n) is 4.17. The zero-order chi connectivity index (χ0) is 13.7. The molecule has 1 aromatic carbocycles. The molecule has 2 aromatic heterocycles. The summed E-state index contributed by atoms with van der Waals surface area (Å²) in [7, 11) is 0. The Kier molecular flexibility index (Phi) is 2.67. The number of pyridine rings is 1. The van der Waals surface area contributed by atoms with Crippen LogP contribution in [0.5, 0.6) is 0 Å². The van der Waals surface area contributed by atoms with Crippen molar-refractivity contribution in [2.24, 2.45) is 0 Å². The molecule has 0 atom stereocenters. The molecule has 0 saturated carbocycles. The van der Waals surface area contributed by atoms with Crippen LogP contribution in [0, 0.1) is 13.8 Å². The first-order valence-electron chi connectivity index (χ1n) is 7.21. The maximum Gasteiger partial charge on any atom is 0.124 e. The lowest BCUT2D eigenvalue weighted by Crippen LogP contribution is -1.88. The SMILES string of the molecule is Cc1ccc(-c2cc(C)nc3sc4c(c23)CCC4)cc1. The number of nitrogens with zero attached hydrogens (tertiary/aromatic N) is 1. The van der Waals surface area contributed by atoms with E-state index in [1.54, 1.807) is 10.4 Å². The zero-order valence-corrected chi connectivity index (χ0v) is 12.7. The minimum Gasteiger partial charge on any atom is -0.242 e. The zero-order valence-electron chi connectivity index (χ0n) is 11.9. The predicted octanol–water partition coefficient (Wildman–Crippen LogP) is 5.07. The molecular weight excluding hydrogens is 262 g/mol. The third-order valence-corrected chi connectivity index (χ3v) is 5.35. The number of hydrogen-bond donors (Lipinski definition) is 0. The van der Waals surface area contributed by atoms with Crippen LogP contribution in [0.4, 0.5) is 0 Å². The second kappa shape index (κ2) is 4.42. The fourth-order valence-electron chi connectivity index (χ4n) is 3.18. The van der Waals surface area contributed by atoms with E-state index in [1.165, 1.54) is 46.2 Å². The lowest BCUT2D eigenvalue weighted by atomic mass is 9.99. The Balaban J connectivity index is 2.04. The van der Waals surface area contributed by atoms with E-state index in [1.807, 2.05) is 11.3 Å². The highest BCUT2D eigenvalue weighted by molar-refractivity contribution is 7.19. The van der Waals surface area contributed by atoms with Gasteiger partial charge in [-0.1, -0.05) is 29.8 Å². The van der Waals surface area contributed by atoms with Gasteiger partial charge in [-0.25, -0.2) is 4.98 Å². The summed E-state index contributed by atoms with van der Waals surface area (Å²) in [5, 5.41) is 1.41. The van der Waals surface area contributed by atoms with Crippen LogP contribution in [0.2, 0.25) is 0 Å². The number of benzene rings is 1. The summed E-state index contributed by atoms with van der Waals surface area (Å²) in [5.74, 6) is 0. The molecule has 20 heavy (non-hydrogen) atoms. The Hall–Kier alpha value is -1.67. The average molecular weight is 279 g/mol. The topological polar surface area (TPSA) is 12.9 Å². The van der Waals surface area contributed by atoms with Crippen LogP contribution >= 0.6 is 11.3 Å². The first-order valence-corrected chi connectivity index (χ1v) is 8.03. The molecule has 0 bridgehead atoms. The number of fused-ring (bicyclic) bond motifs is 3. The number of hydrogen-bond acceptors (Lipinski definition) is 2. The van der Waals surface area contributed by atoms with Crippen LogP contribution in [0.25, 0.3) is 21.3 Å². The summed E-state index contributed by atoms with van der Waals surface area (Å²) in [4.78, 5) is 7.55. The van der Waals surface area contributed by atoms with E-state index >= 15 is 0 Å². The molecule has 100 valence electrons. The van der Waals surface area contributed by atoms with Crippen LogP contribution in [0.3, 0.4) is 0 Å². The second-order valence-corrected chi connectivity index (χ2v) is 6.80. The van der Waals surface area contributed by atoms with Gasteiger partial charge in [-0.05, 0) is 55.9 Å². The van der Waals surface area contributed by atoms with Crippen LogP contribution in [-0.4, -0.2) is 4.98 Å². The molecule has 0 N–H and O–H groups in total. The molecule has 4 rings (SSSR count). The van der Waals surface area contributed by atoms with E-state index in [9.17, 15) is 0 Å². The van der Waals surface area contributed by atoms with Gasteiger partial charge in [0, 0.05) is 16.0 Å². The Morgan fingerprint density at radius 2 is 1.85 bits per heavy atom. The molecule has 1 aliphatic rings. The van der Waals surface area contributed by atoms with Gasteiger partial charge in [0.25, 0.3) is 0 Å². The molecule has 0 amide bonds. The van der Waals surface area contributed by atoms with Crippen molar-refractivity contribution in [3.05, 3.63) is 52.0 Å². The monoisotopic (exact) mass is 279 g/mol. The molecule has 0 spiro atoms. The summed E-state index contributed by atoms with van der Waals surface area (Å²) in [6, 6.07) is 11.1. The Labute approximate surface area is 123 Å². The van der Waals surface area contributed by atoms with Gasteiger partial charge in [-0.2, -0.15) is 0 Å². The van der Waals surface area contributed by atoms with Crippen molar-refractivity contribution in [3.63, 3.8) is 0 Å².